The Kier molecular flexibility index (Phi) is 11.3. The highest BCUT2D eigenvalue weighted by Crippen LogP contribution is 2.42. The topological polar surface area (TPSA) is 121 Å². The lowest BCUT2D eigenvalue weighted by Crippen LogP contribution is -2.53. The Morgan fingerprint density at radius 3 is 1.93 bits per heavy atom. The van der Waals surface area contributed by atoms with Gasteiger partial charge in [-0.15, -0.1) is 23.5 Å². The van der Waals surface area contributed by atoms with Crippen molar-refractivity contribution in [2.24, 2.45) is 22.7 Å². The van der Waals surface area contributed by atoms with E-state index in [0.717, 1.165) is 34.2 Å². The van der Waals surface area contributed by atoms with Crippen molar-refractivity contribution in [2.75, 3.05) is 41.1 Å². The second-order valence-corrected chi connectivity index (χ2v) is 18.9. The molecular weight excluding hydrogens is 613 g/mol. The number of hydrogen-bond donors (Lipinski definition) is 0. The molecule has 4 amide bonds. The van der Waals surface area contributed by atoms with Gasteiger partial charge in [0, 0.05) is 34.5 Å². The zero-order chi connectivity index (χ0) is 30.8. The predicted octanol–water partition coefficient (Wildman–Crippen LogP) is 4.11. The zero-order valence-corrected chi connectivity index (χ0v) is 28.6. The first-order valence-electron chi connectivity index (χ1n) is 14.8. The van der Waals surface area contributed by atoms with Gasteiger partial charge in [-0.25, -0.2) is 0 Å². The van der Waals surface area contributed by atoms with Crippen molar-refractivity contribution in [1.82, 2.24) is 9.80 Å². The lowest BCUT2D eigenvalue weighted by Gasteiger charge is -2.41. The first-order valence-corrected chi connectivity index (χ1v) is 19.8. The van der Waals surface area contributed by atoms with Crippen LogP contribution in [0.25, 0.3) is 0 Å². The van der Waals surface area contributed by atoms with Crippen molar-refractivity contribution >= 4 is 69.5 Å². The average molecular weight is 657 g/mol. The highest BCUT2D eigenvalue weighted by molar-refractivity contribution is 8.03. The molecule has 4 aliphatic rings. The van der Waals surface area contributed by atoms with Gasteiger partial charge in [-0.05, 0) is 83.7 Å². The molecule has 2 fully saturated rings. The van der Waals surface area contributed by atoms with E-state index in [-0.39, 0.29) is 46.9 Å². The van der Waals surface area contributed by atoms with Crippen LogP contribution < -0.4 is 0 Å². The minimum absolute atomic E-state index is 0.0880. The molecule has 0 bridgehead atoms. The van der Waals surface area contributed by atoms with Crippen molar-refractivity contribution in [1.29, 1.82) is 0 Å². The van der Waals surface area contributed by atoms with Crippen LogP contribution in [0.3, 0.4) is 0 Å². The summed E-state index contributed by atoms with van der Waals surface area (Å²) in [7, 11) is 0. The Balaban J connectivity index is 1.16. The molecule has 5 unspecified atom stereocenters. The standard InChI is InChI=1S/C30H44N2O6S4/c1-20(32-26(34)19-24-22(28(32)36)7-13-40-24)30(4,5)10-15-42(38)17-16-41(37)14-9-29(2,3)8-11-31-25(33)18-23-21(27(31)35)6-12-39-23/h18-22H,6-17H2,1-5H3. The summed E-state index contributed by atoms with van der Waals surface area (Å²) in [5, 5.41) is 0. The summed E-state index contributed by atoms with van der Waals surface area (Å²) in [4.78, 5) is 55.7. The summed E-state index contributed by atoms with van der Waals surface area (Å²) in [6.45, 7) is 10.4. The molecule has 0 aromatic rings. The van der Waals surface area contributed by atoms with Gasteiger partial charge in [-0.3, -0.25) is 29.0 Å². The third-order valence-electron chi connectivity index (χ3n) is 9.22. The van der Waals surface area contributed by atoms with E-state index >= 15 is 0 Å². The van der Waals surface area contributed by atoms with Gasteiger partial charge < -0.3 is 9.11 Å². The Morgan fingerprint density at radius 1 is 0.810 bits per heavy atom. The number of carbonyl (C=O) groups is 4. The molecular formula is C30H44N2O6S4. The Morgan fingerprint density at radius 2 is 1.33 bits per heavy atom. The average Bonchev–Trinajstić information content (AvgIpc) is 3.59. The van der Waals surface area contributed by atoms with Gasteiger partial charge >= 0.3 is 0 Å². The number of fused-ring (bicyclic) bond motifs is 2. The number of carbonyl (C=O) groups excluding carboxylic acids is 4. The van der Waals surface area contributed by atoms with Crippen molar-refractivity contribution in [3.8, 4) is 0 Å². The first kappa shape index (κ1) is 34.0. The van der Waals surface area contributed by atoms with Crippen molar-refractivity contribution < 1.29 is 28.3 Å². The van der Waals surface area contributed by atoms with Crippen molar-refractivity contribution in [2.45, 2.75) is 72.8 Å². The SMILES string of the molecule is CC(N1C(=O)C=C2SCCC2C1=O)C(C)(C)CC[S+]([O-])CC[S+]([O-])CCC(C)(C)CCN1C(=O)C=C2SCCC2C1=O. The molecule has 0 aliphatic carbocycles. The molecule has 4 heterocycles. The van der Waals surface area contributed by atoms with E-state index in [2.05, 4.69) is 13.8 Å². The molecule has 0 aromatic carbocycles. The summed E-state index contributed by atoms with van der Waals surface area (Å²) in [5.41, 5.74) is -0.604. The molecule has 2 saturated heterocycles. The molecule has 0 saturated carbocycles. The molecule has 0 radical (unpaired) electrons. The molecule has 0 N–H and O–H groups in total. The summed E-state index contributed by atoms with van der Waals surface area (Å²) in [6.07, 6.45) is 6.68. The maximum absolute atomic E-state index is 13.1. The van der Waals surface area contributed by atoms with Gasteiger partial charge in [-0.1, -0.05) is 27.7 Å². The van der Waals surface area contributed by atoms with Crippen LogP contribution in [-0.4, -0.2) is 89.6 Å². The Labute approximate surface area is 265 Å². The number of nitrogens with zero attached hydrogens (tertiary/aromatic N) is 2. The smallest absolute Gasteiger partial charge is 0.254 e. The molecule has 4 aliphatic heterocycles. The second kappa shape index (κ2) is 14.0. The van der Waals surface area contributed by atoms with Crippen LogP contribution in [0, 0.1) is 22.7 Å². The maximum atomic E-state index is 13.1. The van der Waals surface area contributed by atoms with Crippen LogP contribution in [0.1, 0.15) is 66.7 Å². The molecule has 0 aromatic heterocycles. The Hall–Kier alpha value is -0.920. The maximum Gasteiger partial charge on any atom is 0.254 e. The van der Waals surface area contributed by atoms with Gasteiger partial charge in [0.2, 0.25) is 11.8 Å². The summed E-state index contributed by atoms with van der Waals surface area (Å²) < 4.78 is 25.6. The van der Waals surface area contributed by atoms with Crippen molar-refractivity contribution in [3.63, 3.8) is 0 Å². The predicted molar refractivity (Wildman–Crippen MR) is 172 cm³/mol. The number of rotatable bonds is 14. The molecule has 5 atom stereocenters. The van der Waals surface area contributed by atoms with E-state index in [1.165, 1.54) is 9.80 Å². The van der Waals surface area contributed by atoms with Crippen LogP contribution in [0.5, 0.6) is 0 Å². The summed E-state index contributed by atoms with van der Waals surface area (Å²) >= 11 is 0.912. The molecule has 4 rings (SSSR count). The van der Waals surface area contributed by atoms with Crippen LogP contribution in [0.4, 0.5) is 0 Å². The monoisotopic (exact) mass is 656 g/mol. The van der Waals surface area contributed by atoms with E-state index in [0.29, 0.717) is 48.8 Å². The van der Waals surface area contributed by atoms with Gasteiger partial charge in [0.15, 0.2) is 0 Å². The molecule has 12 heteroatoms. The van der Waals surface area contributed by atoms with E-state index < -0.39 is 27.8 Å². The minimum Gasteiger partial charge on any atom is -0.616 e. The fourth-order valence-corrected chi connectivity index (χ4v) is 11.5. The summed E-state index contributed by atoms with van der Waals surface area (Å²) in [6, 6.07) is -0.320. The summed E-state index contributed by atoms with van der Waals surface area (Å²) in [5.74, 6) is 2.28. The largest absolute Gasteiger partial charge is 0.616 e. The number of imide groups is 2. The molecule has 8 nitrogen and oxygen atoms in total. The number of thioether (sulfide) groups is 2. The van der Waals surface area contributed by atoms with Gasteiger partial charge in [0.05, 0.1) is 11.8 Å². The molecule has 0 spiro atoms. The first-order chi connectivity index (χ1) is 19.7. The highest BCUT2D eigenvalue weighted by Gasteiger charge is 2.45. The lowest BCUT2D eigenvalue weighted by molar-refractivity contribution is -0.150. The van der Waals surface area contributed by atoms with E-state index in [1.807, 2.05) is 20.8 Å². The van der Waals surface area contributed by atoms with Gasteiger partial charge in [-0.2, -0.15) is 0 Å². The quantitative estimate of drug-likeness (QED) is 0.202. The lowest BCUT2D eigenvalue weighted by atomic mass is 9.80. The second-order valence-electron chi connectivity index (χ2n) is 13.1. The molecule has 234 valence electrons. The van der Waals surface area contributed by atoms with Crippen LogP contribution in [-0.2, 0) is 41.5 Å². The van der Waals surface area contributed by atoms with Gasteiger partial charge in [0.1, 0.15) is 23.0 Å². The van der Waals surface area contributed by atoms with E-state index in [9.17, 15) is 28.3 Å². The Bertz CT molecular complexity index is 1140. The highest BCUT2D eigenvalue weighted by atomic mass is 32.2. The number of amides is 4. The van der Waals surface area contributed by atoms with Crippen LogP contribution in [0.2, 0.25) is 0 Å². The molecule has 42 heavy (non-hydrogen) atoms. The van der Waals surface area contributed by atoms with Crippen LogP contribution >= 0.6 is 23.5 Å². The fourth-order valence-electron chi connectivity index (χ4n) is 5.67. The fraction of sp³-hybridized carbons (Fsp3) is 0.733. The van der Waals surface area contributed by atoms with Crippen LogP contribution in [0.15, 0.2) is 22.0 Å². The minimum atomic E-state index is -1.16. The van der Waals surface area contributed by atoms with Crippen molar-refractivity contribution in [3.05, 3.63) is 22.0 Å². The van der Waals surface area contributed by atoms with E-state index in [4.69, 9.17) is 0 Å². The normalized spacial score (nSPS) is 25.3. The van der Waals surface area contributed by atoms with Gasteiger partial charge in [0.25, 0.3) is 11.8 Å². The van der Waals surface area contributed by atoms with E-state index in [1.54, 1.807) is 35.7 Å². The zero-order valence-electron chi connectivity index (χ0n) is 25.3. The third kappa shape index (κ3) is 8.02. The number of hydrogen-bond acceptors (Lipinski definition) is 8. The third-order valence-corrected chi connectivity index (χ3v) is 14.5.